The summed E-state index contributed by atoms with van der Waals surface area (Å²) in [5, 5.41) is 3.28. The van der Waals surface area contributed by atoms with Crippen molar-refractivity contribution < 1.29 is 14.3 Å². The number of esters is 1. The lowest BCUT2D eigenvalue weighted by molar-refractivity contribution is -0.146. The molecule has 21 heavy (non-hydrogen) atoms. The number of rotatable bonds is 12. The highest BCUT2D eigenvalue weighted by Crippen LogP contribution is 2.28. The van der Waals surface area contributed by atoms with E-state index < -0.39 is 0 Å². The molecule has 1 atom stereocenters. The van der Waals surface area contributed by atoms with Gasteiger partial charge in [0.25, 0.3) is 0 Å². The van der Waals surface area contributed by atoms with E-state index in [1.54, 1.807) is 0 Å². The number of nitrogens with one attached hydrogen (secondary N) is 1. The van der Waals surface area contributed by atoms with Gasteiger partial charge in [0, 0.05) is 19.2 Å². The molecule has 124 valence electrons. The highest BCUT2D eigenvalue weighted by Gasteiger charge is 2.22. The Morgan fingerprint density at radius 1 is 1.33 bits per heavy atom. The van der Waals surface area contributed by atoms with E-state index in [9.17, 15) is 4.79 Å². The number of hydrogen-bond donors (Lipinski definition) is 1. The number of ether oxygens (including phenoxy) is 2. The SMILES string of the molecule is CCOC(=O)C(CCN(C)CCOCC1CC1)NC(C)C. The molecule has 0 spiro atoms. The molecule has 1 aliphatic carbocycles. The second kappa shape index (κ2) is 10.1. The van der Waals surface area contributed by atoms with Crippen molar-refractivity contribution in [2.24, 2.45) is 5.92 Å². The van der Waals surface area contributed by atoms with Crippen LogP contribution in [-0.4, -0.2) is 62.9 Å². The number of likely N-dealkylation sites (N-methyl/N-ethyl adjacent to an activating group) is 1. The van der Waals surface area contributed by atoms with Gasteiger partial charge in [0.05, 0.1) is 13.2 Å². The molecule has 1 saturated carbocycles. The van der Waals surface area contributed by atoms with Crippen molar-refractivity contribution in [3.8, 4) is 0 Å². The third kappa shape index (κ3) is 9.06. The molecule has 0 aromatic rings. The highest BCUT2D eigenvalue weighted by molar-refractivity contribution is 5.75. The molecule has 0 aliphatic heterocycles. The first-order valence-corrected chi connectivity index (χ1v) is 8.21. The summed E-state index contributed by atoms with van der Waals surface area (Å²) in [5.41, 5.74) is 0. The van der Waals surface area contributed by atoms with Crippen LogP contribution in [0.2, 0.25) is 0 Å². The van der Waals surface area contributed by atoms with E-state index in [1.807, 2.05) is 20.8 Å². The number of nitrogens with zero attached hydrogens (tertiary/aromatic N) is 1. The summed E-state index contributed by atoms with van der Waals surface area (Å²) in [6, 6.07) is 0.0476. The van der Waals surface area contributed by atoms with Gasteiger partial charge in [-0.05, 0) is 45.7 Å². The van der Waals surface area contributed by atoms with E-state index >= 15 is 0 Å². The largest absolute Gasteiger partial charge is 0.465 e. The first kappa shape index (κ1) is 18.4. The standard InChI is InChI=1S/C16H32N2O3/c1-5-21-16(19)15(17-13(2)3)8-9-18(4)10-11-20-12-14-6-7-14/h13-15,17H,5-12H2,1-4H3. The Balaban J connectivity index is 2.17. The van der Waals surface area contributed by atoms with E-state index in [0.29, 0.717) is 6.61 Å². The molecular weight excluding hydrogens is 268 g/mol. The molecule has 1 N–H and O–H groups in total. The molecule has 0 bridgehead atoms. The van der Waals surface area contributed by atoms with E-state index in [-0.39, 0.29) is 18.1 Å². The first-order chi connectivity index (χ1) is 10.0. The Hall–Kier alpha value is -0.650. The number of hydrogen-bond acceptors (Lipinski definition) is 5. The van der Waals surface area contributed by atoms with Crippen molar-refractivity contribution in [1.82, 2.24) is 10.2 Å². The van der Waals surface area contributed by atoms with E-state index in [2.05, 4.69) is 17.3 Å². The highest BCUT2D eigenvalue weighted by atomic mass is 16.5. The Morgan fingerprint density at radius 3 is 2.62 bits per heavy atom. The lowest BCUT2D eigenvalue weighted by Crippen LogP contribution is -2.44. The summed E-state index contributed by atoms with van der Waals surface area (Å²) < 4.78 is 10.8. The average molecular weight is 300 g/mol. The molecule has 0 heterocycles. The van der Waals surface area contributed by atoms with Crippen LogP contribution in [0.5, 0.6) is 0 Å². The van der Waals surface area contributed by atoms with Gasteiger partial charge in [-0.25, -0.2) is 0 Å². The van der Waals surface area contributed by atoms with Crippen LogP contribution >= 0.6 is 0 Å². The molecule has 1 unspecified atom stereocenters. The Morgan fingerprint density at radius 2 is 2.05 bits per heavy atom. The molecule has 0 aromatic heterocycles. The summed E-state index contributed by atoms with van der Waals surface area (Å²) in [6.45, 7) is 9.81. The number of carbonyl (C=O) groups excluding carboxylic acids is 1. The molecule has 1 rings (SSSR count). The van der Waals surface area contributed by atoms with E-state index in [0.717, 1.165) is 38.6 Å². The van der Waals surface area contributed by atoms with Gasteiger partial charge in [-0.15, -0.1) is 0 Å². The summed E-state index contributed by atoms with van der Waals surface area (Å²) >= 11 is 0. The third-order valence-corrected chi connectivity index (χ3v) is 3.57. The molecule has 1 fully saturated rings. The maximum atomic E-state index is 11.9. The molecular formula is C16H32N2O3. The quantitative estimate of drug-likeness (QED) is 0.439. The maximum absolute atomic E-state index is 11.9. The second-order valence-corrected chi connectivity index (χ2v) is 6.24. The van der Waals surface area contributed by atoms with Crippen molar-refractivity contribution in [2.75, 3.05) is 40.0 Å². The lowest BCUT2D eigenvalue weighted by atomic mass is 10.1. The van der Waals surface area contributed by atoms with Crippen LogP contribution in [0.15, 0.2) is 0 Å². The van der Waals surface area contributed by atoms with Gasteiger partial charge in [-0.2, -0.15) is 0 Å². The first-order valence-electron chi connectivity index (χ1n) is 8.21. The van der Waals surface area contributed by atoms with Crippen LogP contribution in [-0.2, 0) is 14.3 Å². The van der Waals surface area contributed by atoms with E-state index in [4.69, 9.17) is 9.47 Å². The van der Waals surface area contributed by atoms with Crippen LogP contribution < -0.4 is 5.32 Å². The fourth-order valence-electron chi connectivity index (χ4n) is 2.13. The topological polar surface area (TPSA) is 50.8 Å². The van der Waals surface area contributed by atoms with Gasteiger partial charge in [-0.3, -0.25) is 4.79 Å². The minimum atomic E-state index is -0.222. The van der Waals surface area contributed by atoms with Crippen LogP contribution in [0.1, 0.15) is 40.0 Å². The second-order valence-electron chi connectivity index (χ2n) is 6.24. The smallest absolute Gasteiger partial charge is 0.323 e. The Labute approximate surface area is 129 Å². The van der Waals surface area contributed by atoms with Crippen LogP contribution in [0.25, 0.3) is 0 Å². The molecule has 0 radical (unpaired) electrons. The van der Waals surface area contributed by atoms with Crippen LogP contribution in [0, 0.1) is 5.92 Å². The molecule has 0 aromatic carbocycles. The zero-order chi connectivity index (χ0) is 15.7. The monoisotopic (exact) mass is 300 g/mol. The van der Waals surface area contributed by atoms with Gasteiger partial charge in [0.1, 0.15) is 6.04 Å². The molecule has 0 saturated heterocycles. The molecule has 5 heteroatoms. The summed E-state index contributed by atoms with van der Waals surface area (Å²) in [6.07, 6.45) is 3.42. The molecule has 1 aliphatic rings. The minimum Gasteiger partial charge on any atom is -0.465 e. The van der Waals surface area contributed by atoms with Crippen molar-refractivity contribution in [2.45, 2.75) is 52.1 Å². The normalized spacial score (nSPS) is 16.5. The number of carbonyl (C=O) groups is 1. The summed E-state index contributed by atoms with van der Waals surface area (Å²) in [4.78, 5) is 14.1. The van der Waals surface area contributed by atoms with Crippen LogP contribution in [0.3, 0.4) is 0 Å². The fourth-order valence-corrected chi connectivity index (χ4v) is 2.13. The third-order valence-electron chi connectivity index (χ3n) is 3.57. The van der Waals surface area contributed by atoms with Crippen LogP contribution in [0.4, 0.5) is 0 Å². The van der Waals surface area contributed by atoms with Gasteiger partial charge >= 0.3 is 5.97 Å². The predicted octanol–water partition coefficient (Wildman–Crippen LogP) is 1.66. The van der Waals surface area contributed by atoms with E-state index in [1.165, 1.54) is 12.8 Å². The zero-order valence-electron chi connectivity index (χ0n) is 14.1. The lowest BCUT2D eigenvalue weighted by Gasteiger charge is -2.23. The fraction of sp³-hybridized carbons (Fsp3) is 0.938. The van der Waals surface area contributed by atoms with Gasteiger partial charge in [0.15, 0.2) is 0 Å². The Bertz CT molecular complexity index is 293. The van der Waals surface area contributed by atoms with Crippen molar-refractivity contribution >= 4 is 5.97 Å². The summed E-state index contributed by atoms with van der Waals surface area (Å²) in [7, 11) is 2.07. The van der Waals surface area contributed by atoms with Gasteiger partial charge in [-0.1, -0.05) is 13.8 Å². The van der Waals surface area contributed by atoms with Crippen molar-refractivity contribution in [3.05, 3.63) is 0 Å². The summed E-state index contributed by atoms with van der Waals surface area (Å²) in [5.74, 6) is 0.670. The molecule has 5 nitrogen and oxygen atoms in total. The Kier molecular flexibility index (Phi) is 8.88. The average Bonchev–Trinajstić information content (AvgIpc) is 3.23. The van der Waals surface area contributed by atoms with Gasteiger partial charge in [0.2, 0.25) is 0 Å². The zero-order valence-corrected chi connectivity index (χ0v) is 14.1. The van der Waals surface area contributed by atoms with Crippen molar-refractivity contribution in [1.29, 1.82) is 0 Å². The maximum Gasteiger partial charge on any atom is 0.323 e. The predicted molar refractivity (Wildman–Crippen MR) is 84.3 cm³/mol. The molecule has 0 amide bonds. The van der Waals surface area contributed by atoms with Crippen molar-refractivity contribution in [3.63, 3.8) is 0 Å². The van der Waals surface area contributed by atoms with Gasteiger partial charge < -0.3 is 19.7 Å². The minimum absolute atomic E-state index is 0.149.